The van der Waals surface area contributed by atoms with E-state index in [1.54, 1.807) is 4.90 Å². The summed E-state index contributed by atoms with van der Waals surface area (Å²) in [6, 6.07) is 7.99. The fourth-order valence-corrected chi connectivity index (χ4v) is 2.16. The highest BCUT2D eigenvalue weighted by molar-refractivity contribution is 5.96. The number of likely N-dealkylation sites (N-methyl/N-ethyl adjacent to an activating group) is 1. The second kappa shape index (κ2) is 5.98. The monoisotopic (exact) mass is 248 g/mol. The molecule has 0 aromatic heterocycles. The number of hydrogen-bond acceptors (Lipinski definition) is 3. The van der Waals surface area contributed by atoms with Gasteiger partial charge in [0.25, 0.3) is 5.91 Å². The Balaban J connectivity index is 2.14. The van der Waals surface area contributed by atoms with Crippen molar-refractivity contribution in [2.45, 2.75) is 20.0 Å². The molecule has 1 aromatic carbocycles. The van der Waals surface area contributed by atoms with Gasteiger partial charge in [-0.1, -0.05) is 12.1 Å². The summed E-state index contributed by atoms with van der Waals surface area (Å²) in [7, 11) is 0. The van der Waals surface area contributed by atoms with Gasteiger partial charge in [-0.15, -0.1) is 0 Å². The van der Waals surface area contributed by atoms with Gasteiger partial charge in [0.15, 0.2) is 0 Å². The molecule has 1 unspecified atom stereocenters. The molecule has 1 aliphatic heterocycles. The van der Waals surface area contributed by atoms with Gasteiger partial charge in [0.1, 0.15) is 6.10 Å². The summed E-state index contributed by atoms with van der Waals surface area (Å²) in [5.41, 5.74) is 2.10. The van der Waals surface area contributed by atoms with Gasteiger partial charge < -0.3 is 15.0 Å². The van der Waals surface area contributed by atoms with Gasteiger partial charge in [-0.05, 0) is 31.5 Å². The average Bonchev–Trinajstić information content (AvgIpc) is 2.40. The highest BCUT2D eigenvalue weighted by Crippen LogP contribution is 2.17. The van der Waals surface area contributed by atoms with Gasteiger partial charge in [-0.3, -0.25) is 4.79 Å². The number of aryl methyl sites for hydroxylation is 1. The van der Waals surface area contributed by atoms with Gasteiger partial charge in [0.2, 0.25) is 0 Å². The van der Waals surface area contributed by atoms with E-state index in [0.717, 1.165) is 17.8 Å². The number of ether oxygens (including phenoxy) is 1. The van der Waals surface area contributed by atoms with Crippen LogP contribution >= 0.6 is 0 Å². The van der Waals surface area contributed by atoms with Crippen molar-refractivity contribution >= 4 is 11.6 Å². The van der Waals surface area contributed by atoms with Crippen molar-refractivity contribution in [2.24, 2.45) is 0 Å². The van der Waals surface area contributed by atoms with Crippen molar-refractivity contribution in [2.75, 3.05) is 31.1 Å². The number of nitrogens with zero attached hydrogens (tertiary/aromatic N) is 1. The van der Waals surface area contributed by atoms with Crippen LogP contribution in [0.3, 0.4) is 0 Å². The van der Waals surface area contributed by atoms with Crippen LogP contribution in [0.2, 0.25) is 0 Å². The zero-order chi connectivity index (χ0) is 13.0. The molecule has 2 rings (SSSR count). The van der Waals surface area contributed by atoms with Crippen LogP contribution in [0.25, 0.3) is 0 Å². The van der Waals surface area contributed by atoms with Crippen molar-refractivity contribution in [1.29, 1.82) is 0 Å². The Bertz CT molecular complexity index is 414. The summed E-state index contributed by atoms with van der Waals surface area (Å²) in [6.45, 7) is 6.68. The minimum absolute atomic E-state index is 0.0373. The summed E-state index contributed by atoms with van der Waals surface area (Å²) in [5, 5.41) is 3.19. The minimum atomic E-state index is -0.362. The molecule has 1 N–H and O–H groups in total. The molecule has 0 radical (unpaired) electrons. The van der Waals surface area contributed by atoms with E-state index < -0.39 is 0 Å². The molecule has 1 heterocycles. The summed E-state index contributed by atoms with van der Waals surface area (Å²) in [5.74, 6) is 0.0373. The zero-order valence-corrected chi connectivity index (χ0v) is 11.0. The lowest BCUT2D eigenvalue weighted by molar-refractivity contribution is -0.131. The molecule has 1 atom stereocenters. The Morgan fingerprint density at radius 1 is 1.56 bits per heavy atom. The van der Waals surface area contributed by atoms with Crippen molar-refractivity contribution in [3.63, 3.8) is 0 Å². The van der Waals surface area contributed by atoms with Crippen molar-refractivity contribution in [3.05, 3.63) is 29.8 Å². The van der Waals surface area contributed by atoms with Crippen molar-refractivity contribution < 1.29 is 9.53 Å². The number of carbonyl (C=O) groups is 1. The number of benzene rings is 1. The van der Waals surface area contributed by atoms with E-state index in [4.69, 9.17) is 4.74 Å². The number of nitrogens with one attached hydrogen (secondary N) is 1. The third kappa shape index (κ3) is 2.89. The SMILES string of the molecule is CCN(C(=O)C1CNCCO1)c1cccc(C)c1. The zero-order valence-electron chi connectivity index (χ0n) is 11.0. The molecule has 1 fully saturated rings. The van der Waals surface area contributed by atoms with Gasteiger partial charge in [-0.25, -0.2) is 0 Å². The molecule has 98 valence electrons. The van der Waals surface area contributed by atoms with Crippen LogP contribution in [0.15, 0.2) is 24.3 Å². The van der Waals surface area contributed by atoms with E-state index in [1.165, 1.54) is 0 Å². The third-order valence-electron chi connectivity index (χ3n) is 3.10. The van der Waals surface area contributed by atoms with Crippen LogP contribution in [0, 0.1) is 6.92 Å². The van der Waals surface area contributed by atoms with E-state index in [9.17, 15) is 4.79 Å². The van der Waals surface area contributed by atoms with E-state index in [1.807, 2.05) is 38.1 Å². The van der Waals surface area contributed by atoms with Crippen LogP contribution in [0.5, 0.6) is 0 Å². The Labute approximate surface area is 108 Å². The standard InChI is InChI=1S/C14H20N2O2/c1-3-16(12-6-4-5-11(2)9-12)14(17)13-10-15-7-8-18-13/h4-6,9,13,15H,3,7-8,10H2,1-2H3. The van der Waals surface area contributed by atoms with Crippen LogP contribution in [-0.2, 0) is 9.53 Å². The highest BCUT2D eigenvalue weighted by atomic mass is 16.5. The molecule has 4 nitrogen and oxygen atoms in total. The van der Waals surface area contributed by atoms with Gasteiger partial charge >= 0.3 is 0 Å². The lowest BCUT2D eigenvalue weighted by Gasteiger charge is -2.29. The summed E-state index contributed by atoms with van der Waals surface area (Å²) in [4.78, 5) is 14.2. The van der Waals surface area contributed by atoms with Crippen LogP contribution < -0.4 is 10.2 Å². The Morgan fingerprint density at radius 3 is 3.00 bits per heavy atom. The number of amides is 1. The summed E-state index contributed by atoms with van der Waals surface area (Å²) < 4.78 is 5.52. The second-order valence-electron chi connectivity index (χ2n) is 4.49. The highest BCUT2D eigenvalue weighted by Gasteiger charge is 2.26. The number of carbonyl (C=O) groups excluding carboxylic acids is 1. The third-order valence-corrected chi connectivity index (χ3v) is 3.10. The molecule has 0 aliphatic carbocycles. The van der Waals surface area contributed by atoms with E-state index >= 15 is 0 Å². The predicted molar refractivity (Wildman–Crippen MR) is 71.8 cm³/mol. The molecule has 0 bridgehead atoms. The molecule has 18 heavy (non-hydrogen) atoms. The van der Waals surface area contributed by atoms with Crippen LogP contribution in [-0.4, -0.2) is 38.3 Å². The van der Waals surface area contributed by atoms with E-state index in [-0.39, 0.29) is 12.0 Å². The quantitative estimate of drug-likeness (QED) is 0.877. The molecule has 4 heteroatoms. The molecule has 1 saturated heterocycles. The van der Waals surface area contributed by atoms with Gasteiger partial charge in [-0.2, -0.15) is 0 Å². The first-order chi connectivity index (χ1) is 8.72. The Hall–Kier alpha value is -1.39. The smallest absolute Gasteiger partial charge is 0.257 e. The predicted octanol–water partition coefficient (Wildman–Crippen LogP) is 1.34. The average molecular weight is 248 g/mol. The molecule has 1 aliphatic rings. The molecule has 0 spiro atoms. The number of anilines is 1. The van der Waals surface area contributed by atoms with E-state index in [0.29, 0.717) is 19.7 Å². The number of rotatable bonds is 3. The molecule has 1 amide bonds. The van der Waals surface area contributed by atoms with Crippen molar-refractivity contribution in [3.8, 4) is 0 Å². The molecular formula is C14H20N2O2. The first kappa shape index (κ1) is 13.1. The first-order valence-electron chi connectivity index (χ1n) is 6.42. The summed E-state index contributed by atoms with van der Waals surface area (Å²) in [6.07, 6.45) is -0.362. The number of morpholine rings is 1. The van der Waals surface area contributed by atoms with Gasteiger partial charge in [0.05, 0.1) is 6.61 Å². The largest absolute Gasteiger partial charge is 0.366 e. The minimum Gasteiger partial charge on any atom is -0.366 e. The normalized spacial score (nSPS) is 19.6. The van der Waals surface area contributed by atoms with Crippen LogP contribution in [0.1, 0.15) is 12.5 Å². The Morgan fingerprint density at radius 2 is 2.39 bits per heavy atom. The maximum absolute atomic E-state index is 12.4. The maximum Gasteiger partial charge on any atom is 0.257 e. The lowest BCUT2D eigenvalue weighted by Crippen LogP contribution is -2.49. The summed E-state index contributed by atoms with van der Waals surface area (Å²) >= 11 is 0. The molecular weight excluding hydrogens is 228 g/mol. The van der Waals surface area contributed by atoms with Crippen molar-refractivity contribution in [1.82, 2.24) is 5.32 Å². The van der Waals surface area contributed by atoms with Crippen LogP contribution in [0.4, 0.5) is 5.69 Å². The molecule has 1 aromatic rings. The first-order valence-corrected chi connectivity index (χ1v) is 6.42. The second-order valence-corrected chi connectivity index (χ2v) is 4.49. The maximum atomic E-state index is 12.4. The topological polar surface area (TPSA) is 41.6 Å². The number of hydrogen-bond donors (Lipinski definition) is 1. The van der Waals surface area contributed by atoms with Gasteiger partial charge in [0, 0.05) is 25.3 Å². The fourth-order valence-electron chi connectivity index (χ4n) is 2.16. The lowest BCUT2D eigenvalue weighted by atomic mass is 10.2. The Kier molecular flexibility index (Phi) is 4.33. The van der Waals surface area contributed by atoms with E-state index in [2.05, 4.69) is 5.32 Å². The fraction of sp³-hybridized carbons (Fsp3) is 0.500. The molecule has 0 saturated carbocycles.